The maximum absolute atomic E-state index is 12.0. The van der Waals surface area contributed by atoms with Gasteiger partial charge in [-0.05, 0) is 23.8 Å². The highest BCUT2D eigenvalue weighted by Gasteiger charge is 2.21. The lowest BCUT2D eigenvalue weighted by Gasteiger charge is -2.10. The van der Waals surface area contributed by atoms with Gasteiger partial charge < -0.3 is 9.84 Å². The minimum Gasteiger partial charge on any atom is -0.493 e. The first kappa shape index (κ1) is 13.8. The highest BCUT2D eigenvalue weighted by atomic mass is 32.2. The van der Waals surface area contributed by atoms with Gasteiger partial charge in [0.1, 0.15) is 5.75 Å². The van der Waals surface area contributed by atoms with Crippen LogP contribution in [0.3, 0.4) is 0 Å². The lowest BCUT2D eigenvalue weighted by molar-refractivity contribution is -0.140. The van der Waals surface area contributed by atoms with E-state index in [-0.39, 0.29) is 11.4 Å². The Morgan fingerprint density at radius 1 is 1.53 bits per heavy atom. The van der Waals surface area contributed by atoms with Crippen LogP contribution in [-0.2, 0) is 21.2 Å². The van der Waals surface area contributed by atoms with E-state index in [2.05, 4.69) is 4.72 Å². The average molecular weight is 285 g/mol. The number of benzene rings is 1. The highest BCUT2D eigenvalue weighted by molar-refractivity contribution is 7.89. The third-order valence-corrected chi connectivity index (χ3v) is 4.39. The molecule has 1 aliphatic heterocycles. The number of ether oxygens (including phenoxy) is 1. The van der Waals surface area contributed by atoms with Crippen molar-refractivity contribution >= 4 is 16.0 Å². The zero-order valence-corrected chi connectivity index (χ0v) is 11.2. The summed E-state index contributed by atoms with van der Waals surface area (Å²) in [4.78, 5) is 10.8. The van der Waals surface area contributed by atoms with E-state index in [9.17, 15) is 13.2 Å². The summed E-state index contributed by atoms with van der Waals surface area (Å²) in [6, 6.07) is 4.64. The molecule has 1 aromatic carbocycles. The number of hydrogen-bond acceptors (Lipinski definition) is 4. The van der Waals surface area contributed by atoms with E-state index in [1.165, 1.54) is 13.0 Å². The van der Waals surface area contributed by atoms with Gasteiger partial charge >= 0.3 is 5.97 Å². The lowest BCUT2D eigenvalue weighted by atomic mass is 10.2. The van der Waals surface area contributed by atoms with Crippen LogP contribution in [-0.4, -0.2) is 32.6 Å². The van der Waals surface area contributed by atoms with Crippen LogP contribution in [0.4, 0.5) is 0 Å². The molecule has 0 saturated carbocycles. The van der Waals surface area contributed by atoms with Gasteiger partial charge in [-0.25, -0.2) is 13.1 Å². The Morgan fingerprint density at radius 3 is 2.95 bits per heavy atom. The van der Waals surface area contributed by atoms with Crippen LogP contribution in [0.15, 0.2) is 23.1 Å². The molecule has 0 aliphatic carbocycles. The smallest absolute Gasteiger partial charge is 0.307 e. The Balaban J connectivity index is 2.14. The number of carbonyl (C=O) groups is 1. The average Bonchev–Trinajstić information content (AvgIpc) is 2.82. The quantitative estimate of drug-likeness (QED) is 0.827. The first-order valence-corrected chi connectivity index (χ1v) is 7.36. The minimum absolute atomic E-state index is 0.134. The fourth-order valence-corrected chi connectivity index (χ4v) is 2.92. The van der Waals surface area contributed by atoms with Gasteiger partial charge in [0, 0.05) is 13.0 Å². The maximum Gasteiger partial charge on any atom is 0.307 e. The third kappa shape index (κ3) is 3.05. The Bertz CT molecular complexity index is 596. The molecule has 0 saturated heterocycles. The molecule has 0 aromatic heterocycles. The van der Waals surface area contributed by atoms with Crippen molar-refractivity contribution in [3.63, 3.8) is 0 Å². The van der Waals surface area contributed by atoms with E-state index in [1.54, 1.807) is 12.1 Å². The predicted molar refractivity (Wildman–Crippen MR) is 67.6 cm³/mol. The van der Waals surface area contributed by atoms with E-state index in [0.29, 0.717) is 18.8 Å². The minimum atomic E-state index is -3.68. The molecule has 104 valence electrons. The predicted octanol–water partition coefficient (Wildman–Crippen LogP) is 0.621. The zero-order chi connectivity index (χ0) is 14.0. The van der Waals surface area contributed by atoms with Crippen molar-refractivity contribution in [2.24, 2.45) is 5.92 Å². The Morgan fingerprint density at radius 2 is 2.26 bits per heavy atom. The molecule has 0 amide bonds. The molecule has 1 heterocycles. The van der Waals surface area contributed by atoms with Gasteiger partial charge in [0.05, 0.1) is 17.4 Å². The molecule has 19 heavy (non-hydrogen) atoms. The number of hydrogen-bond donors (Lipinski definition) is 2. The largest absolute Gasteiger partial charge is 0.493 e. The highest BCUT2D eigenvalue weighted by Crippen LogP contribution is 2.27. The van der Waals surface area contributed by atoms with Crippen molar-refractivity contribution in [2.75, 3.05) is 13.2 Å². The molecule has 1 atom stereocenters. The van der Waals surface area contributed by atoms with E-state index in [1.807, 2.05) is 0 Å². The van der Waals surface area contributed by atoms with Crippen molar-refractivity contribution in [3.05, 3.63) is 23.8 Å². The number of fused-ring (bicyclic) bond motifs is 1. The molecule has 1 aromatic rings. The van der Waals surface area contributed by atoms with Crippen molar-refractivity contribution in [3.8, 4) is 5.75 Å². The van der Waals surface area contributed by atoms with Gasteiger partial charge in [0.15, 0.2) is 0 Å². The van der Waals surface area contributed by atoms with Gasteiger partial charge in [-0.3, -0.25) is 4.79 Å². The van der Waals surface area contributed by atoms with Gasteiger partial charge in [-0.2, -0.15) is 0 Å². The second-order valence-electron chi connectivity index (χ2n) is 4.46. The van der Waals surface area contributed by atoms with Gasteiger partial charge in [-0.15, -0.1) is 0 Å². The first-order chi connectivity index (χ1) is 8.90. The molecule has 0 radical (unpaired) electrons. The monoisotopic (exact) mass is 285 g/mol. The summed E-state index contributed by atoms with van der Waals surface area (Å²) < 4.78 is 31.6. The molecule has 1 aliphatic rings. The van der Waals surface area contributed by atoms with Crippen LogP contribution in [0.1, 0.15) is 12.5 Å². The van der Waals surface area contributed by atoms with E-state index in [4.69, 9.17) is 9.84 Å². The molecule has 0 fully saturated rings. The summed E-state index contributed by atoms with van der Waals surface area (Å²) in [5.41, 5.74) is 0.856. The molecular weight excluding hydrogens is 270 g/mol. The standard InChI is InChI=1S/C12H15NO5S/c1-8(12(14)15)7-13-19(16,17)10-2-3-11-9(6-10)4-5-18-11/h2-3,6,8,13H,4-5,7H2,1H3,(H,14,15). The summed E-state index contributed by atoms with van der Waals surface area (Å²) >= 11 is 0. The van der Waals surface area contributed by atoms with Crippen molar-refractivity contribution in [1.82, 2.24) is 4.72 Å². The number of nitrogens with one attached hydrogen (secondary N) is 1. The molecular formula is C12H15NO5S. The van der Waals surface area contributed by atoms with Crippen LogP contribution >= 0.6 is 0 Å². The van der Waals surface area contributed by atoms with Crippen LogP contribution in [0, 0.1) is 5.92 Å². The molecule has 2 rings (SSSR count). The summed E-state index contributed by atoms with van der Waals surface area (Å²) in [5.74, 6) is -1.10. The third-order valence-electron chi connectivity index (χ3n) is 2.97. The fraction of sp³-hybridized carbons (Fsp3) is 0.417. The van der Waals surface area contributed by atoms with Crippen LogP contribution < -0.4 is 9.46 Å². The van der Waals surface area contributed by atoms with Crippen LogP contribution in [0.2, 0.25) is 0 Å². The first-order valence-electron chi connectivity index (χ1n) is 5.88. The number of rotatable bonds is 5. The zero-order valence-electron chi connectivity index (χ0n) is 10.4. The fourth-order valence-electron chi connectivity index (χ4n) is 1.74. The lowest BCUT2D eigenvalue weighted by Crippen LogP contribution is -2.31. The van der Waals surface area contributed by atoms with Crippen molar-refractivity contribution in [1.29, 1.82) is 0 Å². The summed E-state index contributed by atoms with van der Waals surface area (Å²) in [6.07, 6.45) is 0.685. The second-order valence-corrected chi connectivity index (χ2v) is 6.23. The molecule has 2 N–H and O–H groups in total. The normalized spacial score (nSPS) is 15.6. The van der Waals surface area contributed by atoms with Gasteiger partial charge in [0.25, 0.3) is 0 Å². The Kier molecular flexibility index (Phi) is 3.77. The summed E-state index contributed by atoms with van der Waals surface area (Å²) in [7, 11) is -3.68. The number of sulfonamides is 1. The number of carboxylic acid groups (broad SMARTS) is 1. The van der Waals surface area contributed by atoms with Gasteiger partial charge in [-0.1, -0.05) is 6.92 Å². The molecule has 0 bridgehead atoms. The maximum atomic E-state index is 12.0. The topological polar surface area (TPSA) is 92.7 Å². The molecule has 7 heteroatoms. The Labute approximate surface area is 111 Å². The van der Waals surface area contributed by atoms with E-state index in [0.717, 1.165) is 5.56 Å². The second kappa shape index (κ2) is 5.18. The molecule has 6 nitrogen and oxygen atoms in total. The summed E-state index contributed by atoms with van der Waals surface area (Å²) in [6.45, 7) is 1.87. The van der Waals surface area contributed by atoms with E-state index < -0.39 is 21.9 Å². The van der Waals surface area contributed by atoms with Gasteiger partial charge in [0.2, 0.25) is 10.0 Å². The van der Waals surface area contributed by atoms with Crippen LogP contribution in [0.25, 0.3) is 0 Å². The van der Waals surface area contributed by atoms with Crippen molar-refractivity contribution in [2.45, 2.75) is 18.2 Å². The number of aliphatic carboxylic acids is 1. The van der Waals surface area contributed by atoms with E-state index >= 15 is 0 Å². The van der Waals surface area contributed by atoms with Crippen LogP contribution in [0.5, 0.6) is 5.75 Å². The Hall–Kier alpha value is -1.60. The molecule has 1 unspecified atom stereocenters. The number of carboxylic acids is 1. The van der Waals surface area contributed by atoms with Crippen molar-refractivity contribution < 1.29 is 23.1 Å². The summed E-state index contributed by atoms with van der Waals surface area (Å²) in [5, 5.41) is 8.72. The SMILES string of the molecule is CC(CNS(=O)(=O)c1ccc2c(c1)CCO2)C(=O)O. The molecule has 0 spiro atoms.